The van der Waals surface area contributed by atoms with Gasteiger partial charge in [0.05, 0.1) is 24.9 Å². The van der Waals surface area contributed by atoms with Gasteiger partial charge in [0.25, 0.3) is 5.56 Å². The largest absolute Gasteiger partial charge is 0.368 e. The normalized spacial score (nSPS) is 21.7. The summed E-state index contributed by atoms with van der Waals surface area (Å²) in [5.74, 6) is 0.655. The lowest BCUT2D eigenvalue weighted by Crippen LogP contribution is -2.42. The molecule has 0 saturated carbocycles. The van der Waals surface area contributed by atoms with Crippen LogP contribution in [0.5, 0.6) is 0 Å². The van der Waals surface area contributed by atoms with Crippen molar-refractivity contribution in [3.8, 4) is 0 Å². The fourth-order valence-electron chi connectivity index (χ4n) is 3.38. The van der Waals surface area contributed by atoms with Crippen molar-refractivity contribution >= 4 is 11.0 Å². The Bertz CT molecular complexity index is 934. The molecule has 0 unspecified atom stereocenters. The maximum Gasteiger partial charge on any atom is 0.262 e. The summed E-state index contributed by atoms with van der Waals surface area (Å²) in [6, 6.07) is 10.2. The first kappa shape index (κ1) is 16.0. The Morgan fingerprint density at radius 3 is 2.88 bits per heavy atom. The van der Waals surface area contributed by atoms with Crippen molar-refractivity contribution in [2.24, 2.45) is 7.05 Å². The summed E-state index contributed by atoms with van der Waals surface area (Å²) < 4.78 is 7.72. The van der Waals surface area contributed by atoms with Crippen LogP contribution in [-0.4, -0.2) is 43.8 Å². The number of benzene rings is 1. The van der Waals surface area contributed by atoms with Crippen LogP contribution in [-0.2, 0) is 18.3 Å². The van der Waals surface area contributed by atoms with Crippen LogP contribution in [0.15, 0.2) is 41.3 Å². The zero-order valence-electron chi connectivity index (χ0n) is 14.3. The standard InChI is InChI=1S/C18H21N5O2/c1-12-9-23(10-15(25-12)13-6-4-3-5-7-13)11-16-20-17-14(18(24)21-16)8-19-22(17)2/h3-8,12,15H,9-11H2,1-2H3,(H,20,21,24)/t12-,15-/m1/s1. The molecule has 4 rings (SSSR count). The van der Waals surface area contributed by atoms with E-state index in [0.29, 0.717) is 23.4 Å². The van der Waals surface area contributed by atoms with Crippen LogP contribution in [0.25, 0.3) is 11.0 Å². The number of fused-ring (bicyclic) bond motifs is 1. The van der Waals surface area contributed by atoms with Crippen molar-refractivity contribution in [2.45, 2.75) is 25.7 Å². The van der Waals surface area contributed by atoms with E-state index in [2.05, 4.69) is 39.0 Å². The van der Waals surface area contributed by atoms with Gasteiger partial charge in [0.15, 0.2) is 5.65 Å². The highest BCUT2D eigenvalue weighted by Crippen LogP contribution is 2.25. The predicted molar refractivity (Wildman–Crippen MR) is 94.1 cm³/mol. The molecule has 0 spiro atoms. The summed E-state index contributed by atoms with van der Waals surface area (Å²) in [5, 5.41) is 4.63. The minimum absolute atomic E-state index is 0.0251. The molecule has 7 heteroatoms. The van der Waals surface area contributed by atoms with Gasteiger partial charge < -0.3 is 9.72 Å². The third kappa shape index (κ3) is 3.20. The lowest BCUT2D eigenvalue weighted by atomic mass is 10.1. The zero-order valence-corrected chi connectivity index (χ0v) is 14.3. The summed E-state index contributed by atoms with van der Waals surface area (Å²) in [7, 11) is 1.79. The number of nitrogens with one attached hydrogen (secondary N) is 1. The fourth-order valence-corrected chi connectivity index (χ4v) is 3.38. The molecule has 0 bridgehead atoms. The average Bonchev–Trinajstić information content (AvgIpc) is 2.97. The Kier molecular flexibility index (Phi) is 4.10. The minimum Gasteiger partial charge on any atom is -0.368 e. The van der Waals surface area contributed by atoms with Gasteiger partial charge in [0, 0.05) is 20.1 Å². The smallest absolute Gasteiger partial charge is 0.262 e. The number of aryl methyl sites for hydroxylation is 1. The lowest BCUT2D eigenvalue weighted by Gasteiger charge is -2.36. The Hall–Kier alpha value is -2.51. The monoisotopic (exact) mass is 339 g/mol. The summed E-state index contributed by atoms with van der Waals surface area (Å²) in [6.07, 6.45) is 1.69. The highest BCUT2D eigenvalue weighted by molar-refractivity contribution is 5.72. The van der Waals surface area contributed by atoms with Gasteiger partial charge in [0.1, 0.15) is 11.2 Å². The Morgan fingerprint density at radius 1 is 1.28 bits per heavy atom. The van der Waals surface area contributed by atoms with Gasteiger partial charge in [-0.2, -0.15) is 5.10 Å². The summed E-state index contributed by atoms with van der Waals surface area (Å²) >= 11 is 0. The molecule has 1 aromatic carbocycles. The minimum atomic E-state index is -0.144. The van der Waals surface area contributed by atoms with E-state index in [1.165, 1.54) is 5.56 Å². The Morgan fingerprint density at radius 2 is 2.08 bits per heavy atom. The lowest BCUT2D eigenvalue weighted by molar-refractivity contribution is -0.0819. The second-order valence-electron chi connectivity index (χ2n) is 6.56. The molecule has 0 amide bonds. The van der Waals surface area contributed by atoms with Crippen LogP contribution in [0.1, 0.15) is 24.4 Å². The van der Waals surface area contributed by atoms with Crippen LogP contribution in [0.3, 0.4) is 0 Å². The topological polar surface area (TPSA) is 76.0 Å². The van der Waals surface area contributed by atoms with E-state index in [0.717, 1.165) is 13.1 Å². The number of H-pyrrole nitrogens is 1. The maximum atomic E-state index is 12.2. The summed E-state index contributed by atoms with van der Waals surface area (Å²) in [4.78, 5) is 21.9. The second-order valence-corrected chi connectivity index (χ2v) is 6.56. The first-order valence-electron chi connectivity index (χ1n) is 8.44. The molecule has 1 N–H and O–H groups in total. The van der Waals surface area contributed by atoms with Gasteiger partial charge in [-0.1, -0.05) is 30.3 Å². The van der Waals surface area contributed by atoms with Crippen molar-refractivity contribution in [3.05, 3.63) is 58.3 Å². The van der Waals surface area contributed by atoms with Gasteiger partial charge >= 0.3 is 0 Å². The molecule has 3 heterocycles. The molecule has 0 radical (unpaired) electrons. The molecular formula is C18H21N5O2. The molecule has 1 aliphatic heterocycles. The number of hydrogen-bond donors (Lipinski definition) is 1. The first-order chi connectivity index (χ1) is 12.1. The molecule has 0 aliphatic carbocycles. The van der Waals surface area contributed by atoms with Crippen LogP contribution < -0.4 is 5.56 Å². The van der Waals surface area contributed by atoms with E-state index in [1.54, 1.807) is 17.9 Å². The third-order valence-electron chi connectivity index (χ3n) is 4.53. The first-order valence-corrected chi connectivity index (χ1v) is 8.44. The van der Waals surface area contributed by atoms with Crippen molar-refractivity contribution in [3.63, 3.8) is 0 Å². The Labute approximate surface area is 145 Å². The molecule has 3 aromatic rings. The molecule has 7 nitrogen and oxygen atoms in total. The van der Waals surface area contributed by atoms with Gasteiger partial charge in [0.2, 0.25) is 0 Å². The average molecular weight is 339 g/mol. The van der Waals surface area contributed by atoms with Crippen LogP contribution in [0.4, 0.5) is 0 Å². The SMILES string of the molecule is C[C@@H]1CN(Cc2nc3c(cnn3C)c(=O)[nH]2)C[C@H](c2ccccc2)O1. The Balaban J connectivity index is 1.57. The van der Waals surface area contributed by atoms with Crippen molar-refractivity contribution in [1.82, 2.24) is 24.6 Å². The van der Waals surface area contributed by atoms with Crippen LogP contribution in [0.2, 0.25) is 0 Å². The van der Waals surface area contributed by atoms with E-state index >= 15 is 0 Å². The molecule has 25 heavy (non-hydrogen) atoms. The third-order valence-corrected chi connectivity index (χ3v) is 4.53. The zero-order chi connectivity index (χ0) is 17.4. The van der Waals surface area contributed by atoms with Gasteiger partial charge in [-0.05, 0) is 12.5 Å². The van der Waals surface area contributed by atoms with E-state index in [4.69, 9.17) is 4.74 Å². The molecule has 2 aromatic heterocycles. The number of aromatic amines is 1. The summed E-state index contributed by atoms with van der Waals surface area (Å²) in [6.45, 7) is 4.22. The molecular weight excluding hydrogens is 318 g/mol. The predicted octanol–water partition coefficient (Wildman–Crippen LogP) is 1.62. The molecule has 130 valence electrons. The number of rotatable bonds is 3. The number of morpholine rings is 1. The highest BCUT2D eigenvalue weighted by atomic mass is 16.5. The highest BCUT2D eigenvalue weighted by Gasteiger charge is 2.27. The van der Waals surface area contributed by atoms with Crippen molar-refractivity contribution in [1.29, 1.82) is 0 Å². The van der Waals surface area contributed by atoms with Gasteiger partial charge in [-0.15, -0.1) is 0 Å². The number of hydrogen-bond acceptors (Lipinski definition) is 5. The number of ether oxygens (including phenoxy) is 1. The second kappa shape index (κ2) is 6.42. The van der Waals surface area contributed by atoms with Gasteiger partial charge in [-0.3, -0.25) is 14.4 Å². The summed E-state index contributed by atoms with van der Waals surface area (Å²) in [5.41, 5.74) is 1.64. The van der Waals surface area contributed by atoms with E-state index in [9.17, 15) is 4.79 Å². The number of nitrogens with zero attached hydrogens (tertiary/aromatic N) is 4. The van der Waals surface area contributed by atoms with E-state index < -0.39 is 0 Å². The van der Waals surface area contributed by atoms with Crippen LogP contribution in [0, 0.1) is 0 Å². The maximum absolute atomic E-state index is 12.2. The number of aromatic nitrogens is 4. The quantitative estimate of drug-likeness (QED) is 0.785. The van der Waals surface area contributed by atoms with Crippen molar-refractivity contribution in [2.75, 3.05) is 13.1 Å². The fraction of sp³-hybridized carbons (Fsp3) is 0.389. The molecule has 1 saturated heterocycles. The van der Waals surface area contributed by atoms with Gasteiger partial charge in [-0.25, -0.2) is 4.98 Å². The van der Waals surface area contributed by atoms with Crippen LogP contribution >= 0.6 is 0 Å². The molecule has 1 aliphatic rings. The van der Waals surface area contributed by atoms with E-state index in [-0.39, 0.29) is 17.8 Å². The van der Waals surface area contributed by atoms with Crippen molar-refractivity contribution < 1.29 is 4.74 Å². The molecule has 1 fully saturated rings. The van der Waals surface area contributed by atoms with E-state index in [1.807, 2.05) is 18.2 Å². The molecule has 2 atom stereocenters.